The molecule has 3 rings (SSSR count). The van der Waals surface area contributed by atoms with Crippen LogP contribution in [0.5, 0.6) is 0 Å². The number of hydrogen-bond acceptors (Lipinski definition) is 5. The average molecular weight is 383 g/mol. The average Bonchev–Trinajstić information content (AvgIpc) is 3.09. The van der Waals surface area contributed by atoms with Crippen molar-refractivity contribution >= 4 is 45.0 Å². The lowest BCUT2D eigenvalue weighted by Crippen LogP contribution is -2.44. The fourth-order valence-corrected chi connectivity index (χ4v) is 4.54. The second-order valence-corrected chi connectivity index (χ2v) is 8.22. The normalized spacial score (nSPS) is 19.3. The lowest BCUT2D eigenvalue weighted by Gasteiger charge is -2.09. The van der Waals surface area contributed by atoms with E-state index in [2.05, 4.69) is 15.8 Å². The van der Waals surface area contributed by atoms with Crippen molar-refractivity contribution in [1.29, 1.82) is 0 Å². The number of amides is 2. The minimum Gasteiger partial charge on any atom is -0.299 e. The Morgan fingerprint density at radius 1 is 1.32 bits per heavy atom. The summed E-state index contributed by atoms with van der Waals surface area (Å²) in [5, 5.41) is 0.246. The molecule has 0 aliphatic carbocycles. The first-order valence-corrected chi connectivity index (χ1v) is 9.66. The molecule has 25 heavy (non-hydrogen) atoms. The van der Waals surface area contributed by atoms with Gasteiger partial charge in [-0.3, -0.25) is 24.8 Å². The number of nitrogens with one attached hydrogen (secondary N) is 2. The number of carbonyl (C=O) groups excluding carboxylic acids is 2. The molecule has 132 valence electrons. The molecule has 1 atom stereocenters. The summed E-state index contributed by atoms with van der Waals surface area (Å²) in [6.45, 7) is 0. The first kappa shape index (κ1) is 17.4. The summed E-state index contributed by atoms with van der Waals surface area (Å²) < 4.78 is 24.4. The van der Waals surface area contributed by atoms with Crippen LogP contribution < -0.4 is 10.9 Å². The smallest absolute Gasteiger partial charge is 0.262 e. The zero-order chi connectivity index (χ0) is 18.0. The summed E-state index contributed by atoms with van der Waals surface area (Å²) in [7, 11) is -3.16. The molecule has 1 fully saturated rings. The molecule has 10 heteroatoms. The van der Waals surface area contributed by atoms with E-state index in [1.807, 2.05) is 6.07 Å². The van der Waals surface area contributed by atoms with Crippen molar-refractivity contribution in [2.75, 3.05) is 11.5 Å². The molecule has 0 bridgehead atoms. The Labute approximate surface area is 148 Å². The summed E-state index contributed by atoms with van der Waals surface area (Å²) in [5.41, 5.74) is 5.63. The third-order valence-corrected chi connectivity index (χ3v) is 5.87. The molecule has 2 aromatic heterocycles. The van der Waals surface area contributed by atoms with E-state index in [0.717, 1.165) is 0 Å². The van der Waals surface area contributed by atoms with Crippen LogP contribution in [0.3, 0.4) is 0 Å². The van der Waals surface area contributed by atoms with E-state index in [4.69, 9.17) is 11.6 Å². The number of carbonyl (C=O) groups is 2. The van der Waals surface area contributed by atoms with Crippen LogP contribution in [0.25, 0.3) is 11.7 Å². The zero-order valence-corrected chi connectivity index (χ0v) is 14.5. The number of aromatic nitrogens is 2. The molecule has 0 aromatic carbocycles. The van der Waals surface area contributed by atoms with Crippen molar-refractivity contribution in [1.82, 2.24) is 20.2 Å². The maximum Gasteiger partial charge on any atom is 0.262 e. The summed E-state index contributed by atoms with van der Waals surface area (Å²) in [6, 6.07) is 5.40. The molecule has 0 spiro atoms. The van der Waals surface area contributed by atoms with Crippen molar-refractivity contribution in [2.45, 2.75) is 6.42 Å². The Morgan fingerprint density at radius 2 is 2.12 bits per heavy atom. The molecular weight excluding hydrogens is 368 g/mol. The molecular formula is C15H15ClN4O4S. The molecule has 2 N–H and O–H groups in total. The highest BCUT2D eigenvalue weighted by molar-refractivity contribution is 7.91. The molecule has 2 aromatic rings. The number of nitrogens with zero attached hydrogens (tertiary/aromatic N) is 2. The number of imidazole rings is 1. The van der Waals surface area contributed by atoms with Crippen molar-refractivity contribution in [3.63, 3.8) is 0 Å². The van der Waals surface area contributed by atoms with Crippen molar-refractivity contribution < 1.29 is 18.0 Å². The van der Waals surface area contributed by atoms with Gasteiger partial charge in [0.1, 0.15) is 5.65 Å². The topological polar surface area (TPSA) is 110 Å². The Morgan fingerprint density at radius 3 is 2.84 bits per heavy atom. The largest absolute Gasteiger partial charge is 0.299 e. The fourth-order valence-electron chi connectivity index (χ4n) is 2.56. The van der Waals surface area contributed by atoms with Gasteiger partial charge in [-0.15, -0.1) is 0 Å². The number of sulfone groups is 1. The van der Waals surface area contributed by atoms with Crippen LogP contribution in [0.1, 0.15) is 12.1 Å². The lowest BCUT2D eigenvalue weighted by atomic mass is 10.1. The number of pyridine rings is 1. The maximum atomic E-state index is 11.8. The maximum absolute atomic E-state index is 11.8. The van der Waals surface area contributed by atoms with Crippen molar-refractivity contribution in [3.8, 4) is 0 Å². The van der Waals surface area contributed by atoms with Crippen LogP contribution in [-0.4, -0.2) is 41.1 Å². The van der Waals surface area contributed by atoms with Gasteiger partial charge in [0.05, 0.1) is 23.1 Å². The van der Waals surface area contributed by atoms with Gasteiger partial charge in [0, 0.05) is 12.3 Å². The third-order valence-electron chi connectivity index (χ3n) is 3.83. The van der Waals surface area contributed by atoms with E-state index in [0.29, 0.717) is 11.3 Å². The van der Waals surface area contributed by atoms with E-state index in [1.54, 1.807) is 22.7 Å². The molecule has 1 aliphatic rings. The number of rotatable bonds is 3. The molecule has 8 nitrogen and oxygen atoms in total. The van der Waals surface area contributed by atoms with Gasteiger partial charge in [-0.2, -0.15) is 0 Å². The van der Waals surface area contributed by atoms with Crippen molar-refractivity contribution in [2.24, 2.45) is 5.92 Å². The van der Waals surface area contributed by atoms with Gasteiger partial charge in [0.2, 0.25) is 5.91 Å². The standard InChI is InChI=1S/C15H15ClN4O4S/c16-14-11(20-7-2-1-3-12(20)17-14)4-5-13(21)18-19-15(22)10-6-8-25(23,24)9-10/h1-5,7,10H,6,8-9H2,(H,18,21)(H,19,22)/b5-4+/t10-/m1/s1. The van der Waals surface area contributed by atoms with Gasteiger partial charge in [0.15, 0.2) is 15.0 Å². The number of fused-ring (bicyclic) bond motifs is 1. The van der Waals surface area contributed by atoms with E-state index < -0.39 is 27.6 Å². The van der Waals surface area contributed by atoms with Crippen LogP contribution in [-0.2, 0) is 19.4 Å². The zero-order valence-electron chi connectivity index (χ0n) is 13.0. The highest BCUT2D eigenvalue weighted by Gasteiger charge is 2.32. The van der Waals surface area contributed by atoms with Gasteiger partial charge >= 0.3 is 0 Å². The van der Waals surface area contributed by atoms with Crippen LogP contribution in [0.15, 0.2) is 30.5 Å². The highest BCUT2D eigenvalue weighted by Crippen LogP contribution is 2.19. The molecule has 0 radical (unpaired) electrons. The van der Waals surface area contributed by atoms with Gasteiger partial charge in [-0.05, 0) is 24.6 Å². The van der Waals surface area contributed by atoms with E-state index in [-0.39, 0.29) is 23.1 Å². The molecule has 2 amide bonds. The number of hydrazine groups is 1. The molecule has 0 unspecified atom stereocenters. The Balaban J connectivity index is 1.60. The Hall–Kier alpha value is -2.39. The van der Waals surface area contributed by atoms with E-state index >= 15 is 0 Å². The number of hydrogen-bond donors (Lipinski definition) is 2. The van der Waals surface area contributed by atoms with E-state index in [9.17, 15) is 18.0 Å². The molecule has 3 heterocycles. The highest BCUT2D eigenvalue weighted by atomic mass is 35.5. The third kappa shape index (κ3) is 3.99. The molecule has 1 saturated heterocycles. The summed E-state index contributed by atoms with van der Waals surface area (Å²) in [5.74, 6) is -1.93. The summed E-state index contributed by atoms with van der Waals surface area (Å²) in [4.78, 5) is 27.8. The number of halogens is 1. The fraction of sp³-hybridized carbons (Fsp3) is 0.267. The van der Waals surface area contributed by atoms with Crippen LogP contribution in [0.2, 0.25) is 5.15 Å². The second-order valence-electron chi connectivity index (χ2n) is 5.63. The van der Waals surface area contributed by atoms with E-state index in [1.165, 1.54) is 12.2 Å². The van der Waals surface area contributed by atoms with Gasteiger partial charge in [0.25, 0.3) is 5.91 Å². The van der Waals surface area contributed by atoms with Crippen LogP contribution in [0.4, 0.5) is 0 Å². The predicted molar refractivity (Wildman–Crippen MR) is 92.3 cm³/mol. The SMILES string of the molecule is O=C(/C=C/c1c(Cl)nc2ccccn12)NNC(=O)[C@@H]1CCS(=O)(=O)C1. The molecule has 0 saturated carbocycles. The van der Waals surface area contributed by atoms with Crippen LogP contribution in [0, 0.1) is 5.92 Å². The minimum absolute atomic E-state index is 0.00821. The van der Waals surface area contributed by atoms with Crippen molar-refractivity contribution in [3.05, 3.63) is 41.3 Å². The summed E-state index contributed by atoms with van der Waals surface area (Å²) >= 11 is 6.05. The lowest BCUT2D eigenvalue weighted by molar-refractivity contribution is -0.129. The second kappa shape index (κ2) is 6.85. The Kier molecular flexibility index (Phi) is 4.78. The predicted octanol–water partition coefficient (Wildman–Crippen LogP) is 0.583. The van der Waals surface area contributed by atoms with Gasteiger partial charge in [-0.1, -0.05) is 17.7 Å². The minimum atomic E-state index is -3.16. The molecule has 1 aliphatic heterocycles. The monoisotopic (exact) mass is 382 g/mol. The quantitative estimate of drug-likeness (QED) is 0.596. The first-order valence-electron chi connectivity index (χ1n) is 7.47. The Bertz CT molecular complexity index is 967. The van der Waals surface area contributed by atoms with Crippen LogP contribution >= 0.6 is 11.6 Å². The van der Waals surface area contributed by atoms with Gasteiger partial charge in [-0.25, -0.2) is 13.4 Å². The van der Waals surface area contributed by atoms with Gasteiger partial charge < -0.3 is 0 Å². The first-order chi connectivity index (χ1) is 11.9. The summed E-state index contributed by atoms with van der Waals surface area (Å²) in [6.07, 6.45) is 4.70.